The van der Waals surface area contributed by atoms with E-state index in [-0.39, 0.29) is 12.5 Å². The Kier molecular flexibility index (Phi) is 19.8. The first-order valence-electron chi connectivity index (χ1n) is 14.7. The van der Waals surface area contributed by atoms with Crippen molar-refractivity contribution in [2.24, 2.45) is 0 Å². The third-order valence-electron chi connectivity index (χ3n) is 7.41. The lowest BCUT2D eigenvalue weighted by Gasteiger charge is -2.39. The second-order valence-corrected chi connectivity index (χ2v) is 10.6. The number of rotatable bonds is 23. The molecule has 5 nitrogen and oxygen atoms in total. The average Bonchev–Trinajstić information content (AvgIpc) is 2.82. The van der Waals surface area contributed by atoms with Gasteiger partial charge in [-0.2, -0.15) is 0 Å². The summed E-state index contributed by atoms with van der Waals surface area (Å²) in [6.45, 7) is 5.95. The van der Waals surface area contributed by atoms with Crippen molar-refractivity contribution < 1.29 is 14.4 Å². The number of aliphatic hydroxyl groups is 1. The summed E-state index contributed by atoms with van der Waals surface area (Å²) in [5.41, 5.74) is 3.43. The molecule has 0 spiro atoms. The largest absolute Gasteiger partial charge is 0.390 e. The zero-order valence-corrected chi connectivity index (χ0v) is 22.9. The minimum absolute atomic E-state index is 0.0761. The van der Waals surface area contributed by atoms with E-state index < -0.39 is 0 Å². The van der Waals surface area contributed by atoms with Crippen LogP contribution in [-0.4, -0.2) is 66.9 Å². The Hall–Kier alpha value is -0.750. The predicted octanol–water partition coefficient (Wildman–Crippen LogP) is 6.37. The fraction of sp³-hybridized carbons (Fsp3) is 0.897. The van der Waals surface area contributed by atoms with Crippen molar-refractivity contribution in [2.45, 2.75) is 122 Å². The van der Waals surface area contributed by atoms with Gasteiger partial charge >= 0.3 is 5.91 Å². The van der Waals surface area contributed by atoms with E-state index >= 15 is 0 Å². The van der Waals surface area contributed by atoms with Crippen LogP contribution >= 0.6 is 0 Å². The normalized spacial score (nSPS) is 19.4. The first-order chi connectivity index (χ1) is 16.6. The smallest absolute Gasteiger partial charge is 0.329 e. The van der Waals surface area contributed by atoms with Gasteiger partial charge in [0, 0.05) is 6.54 Å². The molecule has 1 rings (SSSR count). The lowest BCUT2D eigenvalue weighted by Crippen LogP contribution is -2.64. The minimum atomic E-state index is 0.0761. The molecule has 34 heavy (non-hydrogen) atoms. The maximum Gasteiger partial charge on any atom is 0.329 e. The van der Waals surface area contributed by atoms with E-state index in [0.29, 0.717) is 17.6 Å². The molecule has 5 heteroatoms. The summed E-state index contributed by atoms with van der Waals surface area (Å²) in [6, 6.07) is 0. The van der Waals surface area contributed by atoms with E-state index in [1.54, 1.807) is 0 Å². The van der Waals surface area contributed by atoms with E-state index in [1.165, 1.54) is 116 Å². The molecule has 1 unspecified atom stereocenters. The molecule has 0 aromatic heterocycles. The van der Waals surface area contributed by atoms with Crippen LogP contribution in [0.2, 0.25) is 0 Å². The Morgan fingerprint density at radius 3 is 1.82 bits per heavy atom. The Morgan fingerprint density at radius 1 is 0.824 bits per heavy atom. The number of nitrogens with zero attached hydrogens (tertiary/aromatic N) is 2. The van der Waals surface area contributed by atoms with Gasteiger partial charge in [0.15, 0.2) is 0 Å². The average molecular weight is 481 g/mol. The van der Waals surface area contributed by atoms with Crippen molar-refractivity contribution in [2.75, 3.05) is 46.4 Å². The number of hydrazine groups is 1. The van der Waals surface area contributed by atoms with Gasteiger partial charge in [0.25, 0.3) is 0 Å². The summed E-state index contributed by atoms with van der Waals surface area (Å²) < 4.78 is 0.366. The first-order valence-corrected chi connectivity index (χ1v) is 14.7. The van der Waals surface area contributed by atoms with Crippen molar-refractivity contribution in [3.63, 3.8) is 0 Å². The lowest BCUT2D eigenvalue weighted by atomic mass is 10.1. The molecular weight excluding hydrogens is 422 g/mol. The summed E-state index contributed by atoms with van der Waals surface area (Å²) in [5.74, 6) is 0.202. The molecular formula is C29H58N3O2+. The first kappa shape index (κ1) is 31.3. The van der Waals surface area contributed by atoms with Crippen LogP contribution in [-0.2, 0) is 4.79 Å². The summed E-state index contributed by atoms with van der Waals surface area (Å²) in [4.78, 5) is 12.3. The molecule has 0 aliphatic carbocycles. The summed E-state index contributed by atoms with van der Waals surface area (Å²) in [6.07, 6.45) is 29.3. The third-order valence-corrected chi connectivity index (χ3v) is 7.41. The number of piperazine rings is 1. The van der Waals surface area contributed by atoms with E-state index in [9.17, 15) is 4.79 Å². The van der Waals surface area contributed by atoms with E-state index in [0.717, 1.165) is 19.6 Å². The van der Waals surface area contributed by atoms with Gasteiger partial charge in [-0.05, 0) is 32.1 Å². The number of unbranched alkanes of at least 4 members (excludes halogenated alkanes) is 16. The van der Waals surface area contributed by atoms with Gasteiger partial charge < -0.3 is 5.11 Å². The zero-order valence-electron chi connectivity index (χ0n) is 22.9. The SMILES string of the molecule is CCCCCCCCC=CCCCCCCCCCCCCNN1CC[N+](C)(CCO)C(=O)C1. The van der Waals surface area contributed by atoms with Crippen molar-refractivity contribution in [1.29, 1.82) is 0 Å². The number of nitrogens with one attached hydrogen (secondary N) is 1. The van der Waals surface area contributed by atoms with Gasteiger partial charge in [0.1, 0.15) is 13.1 Å². The topological polar surface area (TPSA) is 52.6 Å². The molecule has 200 valence electrons. The number of likely N-dealkylation sites (N-methyl/N-ethyl adjacent to an activating group) is 1. The summed E-state index contributed by atoms with van der Waals surface area (Å²) in [5, 5.41) is 11.2. The number of hydrogen-bond donors (Lipinski definition) is 2. The van der Waals surface area contributed by atoms with Gasteiger partial charge in [-0.15, -0.1) is 0 Å². The highest BCUT2D eigenvalue weighted by Crippen LogP contribution is 2.13. The standard InChI is InChI=1S/C29H58N3O2/c1-3-4-5-6-7-8-9-10-11-12-13-14-15-16-17-18-19-20-21-22-23-30-31-24-25-32(2,26-27-33)29(34)28-31/h10-11,30,33H,3-9,12-28H2,1-2H3/q+1. The molecule has 1 saturated heterocycles. The Bertz CT molecular complexity index is 512. The number of quaternary nitrogens is 1. The molecule has 0 radical (unpaired) electrons. The molecule has 1 heterocycles. The second kappa shape index (κ2) is 21.5. The van der Waals surface area contributed by atoms with Crippen molar-refractivity contribution >= 4 is 5.91 Å². The Morgan fingerprint density at radius 2 is 1.32 bits per heavy atom. The highest BCUT2D eigenvalue weighted by atomic mass is 16.3. The molecule has 1 aliphatic heterocycles. The van der Waals surface area contributed by atoms with E-state index in [2.05, 4.69) is 29.5 Å². The van der Waals surface area contributed by atoms with E-state index in [4.69, 9.17) is 5.11 Å². The number of carbonyl (C=O) groups excluding carboxylic acids is 1. The molecule has 0 aromatic rings. The lowest BCUT2D eigenvalue weighted by molar-refractivity contribution is -0.838. The fourth-order valence-electron chi connectivity index (χ4n) is 4.79. The molecule has 1 atom stereocenters. The van der Waals surface area contributed by atoms with Crippen LogP contribution in [0.25, 0.3) is 0 Å². The molecule has 1 aliphatic rings. The molecule has 1 fully saturated rings. The predicted molar refractivity (Wildman–Crippen MR) is 146 cm³/mol. The molecule has 1 amide bonds. The van der Waals surface area contributed by atoms with Gasteiger partial charge in [0.05, 0.1) is 26.7 Å². The molecule has 0 aromatic carbocycles. The maximum atomic E-state index is 12.3. The van der Waals surface area contributed by atoms with Crippen molar-refractivity contribution in [3.8, 4) is 0 Å². The minimum Gasteiger partial charge on any atom is -0.390 e. The summed E-state index contributed by atoms with van der Waals surface area (Å²) in [7, 11) is 1.94. The Balaban J connectivity index is 1.78. The Labute approximate surface area is 211 Å². The quantitative estimate of drug-likeness (QED) is 0.101. The second-order valence-electron chi connectivity index (χ2n) is 10.6. The number of aliphatic hydroxyl groups excluding tert-OH is 1. The van der Waals surface area contributed by atoms with Crippen LogP contribution < -0.4 is 5.43 Å². The summed E-state index contributed by atoms with van der Waals surface area (Å²) >= 11 is 0. The van der Waals surface area contributed by atoms with Crippen LogP contribution in [0.3, 0.4) is 0 Å². The van der Waals surface area contributed by atoms with Crippen LogP contribution in [0.15, 0.2) is 12.2 Å². The maximum absolute atomic E-state index is 12.3. The van der Waals surface area contributed by atoms with Crippen LogP contribution in [0.1, 0.15) is 122 Å². The zero-order chi connectivity index (χ0) is 24.7. The van der Waals surface area contributed by atoms with Crippen LogP contribution in [0.5, 0.6) is 0 Å². The van der Waals surface area contributed by atoms with Crippen molar-refractivity contribution in [3.05, 3.63) is 12.2 Å². The number of hydrogen-bond acceptors (Lipinski definition) is 4. The van der Waals surface area contributed by atoms with Gasteiger partial charge in [-0.25, -0.2) is 9.80 Å². The number of amides is 1. The molecule has 0 bridgehead atoms. The fourth-order valence-corrected chi connectivity index (χ4v) is 4.79. The third kappa shape index (κ3) is 16.0. The van der Waals surface area contributed by atoms with Gasteiger partial charge in [-0.1, -0.05) is 103 Å². The van der Waals surface area contributed by atoms with Crippen LogP contribution in [0.4, 0.5) is 0 Å². The van der Waals surface area contributed by atoms with Crippen molar-refractivity contribution in [1.82, 2.24) is 10.4 Å². The molecule has 0 saturated carbocycles. The number of carbonyl (C=O) groups is 1. The highest BCUT2D eigenvalue weighted by molar-refractivity contribution is 5.71. The van der Waals surface area contributed by atoms with Crippen LogP contribution in [0, 0.1) is 0 Å². The van der Waals surface area contributed by atoms with Gasteiger partial charge in [0.2, 0.25) is 0 Å². The molecule has 2 N–H and O–H groups in total. The van der Waals surface area contributed by atoms with Gasteiger partial charge in [-0.3, -0.25) is 9.91 Å². The highest BCUT2D eigenvalue weighted by Gasteiger charge is 2.37. The monoisotopic (exact) mass is 480 g/mol. The van der Waals surface area contributed by atoms with E-state index in [1.807, 2.05) is 7.05 Å². The number of allylic oxidation sites excluding steroid dienone is 2.